The number of halogens is 3. The van der Waals surface area contributed by atoms with Crippen molar-refractivity contribution in [3.63, 3.8) is 0 Å². The number of fused-ring (bicyclic) bond motifs is 1. The Morgan fingerprint density at radius 2 is 1.90 bits per heavy atom. The van der Waals surface area contributed by atoms with Crippen LogP contribution in [0.2, 0.25) is 0 Å². The molecule has 4 unspecified atom stereocenters. The van der Waals surface area contributed by atoms with E-state index in [0.29, 0.717) is 49.1 Å². The second-order valence-electron chi connectivity index (χ2n) is 10.9. The lowest BCUT2D eigenvalue weighted by Crippen LogP contribution is -2.50. The van der Waals surface area contributed by atoms with E-state index in [1.54, 1.807) is 29.2 Å². The zero-order chi connectivity index (χ0) is 27.9. The smallest absolute Gasteiger partial charge is 0.416 e. The number of aliphatic carboxylic acids is 1. The highest BCUT2D eigenvalue weighted by Crippen LogP contribution is 2.58. The first-order valence-electron chi connectivity index (χ1n) is 13.2. The highest BCUT2D eigenvalue weighted by Gasteiger charge is 2.58. The predicted molar refractivity (Wildman–Crippen MR) is 137 cm³/mol. The molecular formula is C29H30F3N3O4. The molecule has 7 nitrogen and oxygen atoms in total. The molecule has 1 aliphatic heterocycles. The Morgan fingerprint density at radius 3 is 2.56 bits per heavy atom. The molecule has 1 spiro atoms. The average molecular weight is 542 g/mol. The molecule has 39 heavy (non-hydrogen) atoms. The number of rotatable bonds is 8. The first kappa shape index (κ1) is 26.9. The lowest BCUT2D eigenvalue weighted by molar-refractivity contribution is -0.138. The number of hydrogen-bond acceptors (Lipinski definition) is 4. The summed E-state index contributed by atoms with van der Waals surface area (Å²) in [5.74, 6) is -0.268. The maximum absolute atomic E-state index is 13.7. The van der Waals surface area contributed by atoms with E-state index in [0.717, 1.165) is 24.1 Å². The first-order chi connectivity index (χ1) is 18.5. The number of nitrogens with one attached hydrogen (secondary N) is 1. The topological polar surface area (TPSA) is 99.1 Å². The van der Waals surface area contributed by atoms with Crippen LogP contribution in [-0.2, 0) is 22.2 Å². The summed E-state index contributed by atoms with van der Waals surface area (Å²) < 4.78 is 40.1. The molecule has 0 aromatic heterocycles. The Hall–Kier alpha value is -3.69. The molecule has 1 heterocycles. The van der Waals surface area contributed by atoms with E-state index in [4.69, 9.17) is 10.1 Å². The van der Waals surface area contributed by atoms with Gasteiger partial charge >= 0.3 is 12.1 Å². The third-order valence-corrected chi connectivity index (χ3v) is 8.14. The first-order valence-corrected chi connectivity index (χ1v) is 13.2. The fraction of sp³-hybridized carbons (Fsp3) is 0.448. The monoisotopic (exact) mass is 541 g/mol. The highest BCUT2D eigenvalue weighted by molar-refractivity contribution is 6.46. The number of carboxylic acids is 1. The molecule has 2 saturated carbocycles. The van der Waals surface area contributed by atoms with Gasteiger partial charge in [0.25, 0.3) is 11.8 Å². The maximum atomic E-state index is 13.7. The molecule has 2 amide bonds. The van der Waals surface area contributed by atoms with E-state index in [9.17, 15) is 27.6 Å². The van der Waals surface area contributed by atoms with Gasteiger partial charge in [-0.3, -0.25) is 19.4 Å². The van der Waals surface area contributed by atoms with Crippen LogP contribution in [0.25, 0.3) is 0 Å². The third kappa shape index (κ3) is 5.55. The van der Waals surface area contributed by atoms with Gasteiger partial charge in [0.15, 0.2) is 0 Å². The van der Waals surface area contributed by atoms with Crippen molar-refractivity contribution >= 4 is 23.5 Å². The highest BCUT2D eigenvalue weighted by atomic mass is 19.4. The SMILES string of the molecule is CC1CC2(CC3CC13)N=C(c1cccc(C(F)(F)F)c1)C(=O)N2CCc1ccc(C(=O)NCCC(=O)O)cc1. The van der Waals surface area contributed by atoms with Crippen LogP contribution < -0.4 is 5.32 Å². The Balaban J connectivity index is 1.34. The second-order valence-corrected chi connectivity index (χ2v) is 10.9. The van der Waals surface area contributed by atoms with Crippen LogP contribution in [0.3, 0.4) is 0 Å². The van der Waals surface area contributed by atoms with Gasteiger partial charge in [0, 0.05) is 24.2 Å². The quantitative estimate of drug-likeness (QED) is 0.513. The average Bonchev–Trinajstić information content (AvgIpc) is 3.62. The second kappa shape index (κ2) is 10.1. The lowest BCUT2D eigenvalue weighted by atomic mass is 9.81. The minimum atomic E-state index is -4.52. The number of aliphatic imine (C=N–C) groups is 1. The Kier molecular flexibility index (Phi) is 6.99. The van der Waals surface area contributed by atoms with Crippen LogP contribution in [-0.4, -0.2) is 52.3 Å². The predicted octanol–water partition coefficient (Wildman–Crippen LogP) is 4.55. The van der Waals surface area contributed by atoms with Crippen LogP contribution in [0, 0.1) is 17.8 Å². The standard InChI is InChI=1S/C29H30F3N3O4/c1-17-15-28(16-21-14-23(17)21)34-25(20-3-2-4-22(13-20)29(30,31)32)27(39)35(28)12-10-18-5-7-19(8-6-18)26(38)33-11-9-24(36)37/h2-8,13,17,21,23H,9-12,14-16H2,1H3,(H,33,38)(H,36,37). The molecule has 0 bridgehead atoms. The van der Waals surface area contributed by atoms with Gasteiger partial charge in [-0.05, 0) is 73.3 Å². The zero-order valence-corrected chi connectivity index (χ0v) is 21.5. The summed E-state index contributed by atoms with van der Waals surface area (Å²) >= 11 is 0. The molecule has 3 aliphatic rings. The minimum absolute atomic E-state index is 0.0313. The maximum Gasteiger partial charge on any atom is 0.416 e. The molecule has 206 valence electrons. The van der Waals surface area contributed by atoms with Gasteiger partial charge in [-0.2, -0.15) is 13.2 Å². The van der Waals surface area contributed by atoms with E-state index >= 15 is 0 Å². The number of benzene rings is 2. The van der Waals surface area contributed by atoms with Gasteiger partial charge in [-0.25, -0.2) is 0 Å². The summed E-state index contributed by atoms with van der Waals surface area (Å²) in [5, 5.41) is 11.3. The Bertz CT molecular complexity index is 1320. The summed E-state index contributed by atoms with van der Waals surface area (Å²) in [4.78, 5) is 43.2. The van der Waals surface area contributed by atoms with Crippen molar-refractivity contribution in [2.45, 2.75) is 50.9 Å². The molecule has 10 heteroatoms. The number of carboxylic acid groups (broad SMARTS) is 1. The van der Waals surface area contributed by atoms with Gasteiger partial charge in [-0.1, -0.05) is 31.2 Å². The van der Waals surface area contributed by atoms with E-state index in [1.807, 2.05) is 0 Å². The van der Waals surface area contributed by atoms with Gasteiger partial charge in [0.1, 0.15) is 11.4 Å². The zero-order valence-electron chi connectivity index (χ0n) is 21.5. The third-order valence-electron chi connectivity index (χ3n) is 8.14. The van der Waals surface area contributed by atoms with Gasteiger partial charge in [0.2, 0.25) is 0 Å². The molecule has 0 radical (unpaired) electrons. The largest absolute Gasteiger partial charge is 0.481 e. The van der Waals surface area contributed by atoms with Crippen molar-refractivity contribution in [3.8, 4) is 0 Å². The van der Waals surface area contributed by atoms with Gasteiger partial charge in [0.05, 0.1) is 12.0 Å². The molecule has 2 N–H and O–H groups in total. The van der Waals surface area contributed by atoms with Crippen molar-refractivity contribution in [1.29, 1.82) is 0 Å². The normalized spacial score (nSPS) is 25.8. The number of hydrogen-bond donors (Lipinski definition) is 2. The molecule has 0 saturated heterocycles. The van der Waals surface area contributed by atoms with Crippen LogP contribution in [0.15, 0.2) is 53.5 Å². The van der Waals surface area contributed by atoms with Crippen molar-refractivity contribution in [2.75, 3.05) is 13.1 Å². The number of carbonyl (C=O) groups is 3. The Labute approximate surface area is 224 Å². The van der Waals surface area contributed by atoms with E-state index < -0.39 is 23.4 Å². The van der Waals surface area contributed by atoms with Gasteiger partial charge < -0.3 is 15.3 Å². The number of nitrogens with zero attached hydrogens (tertiary/aromatic N) is 2. The van der Waals surface area contributed by atoms with Crippen molar-refractivity contribution < 1.29 is 32.7 Å². The lowest BCUT2D eigenvalue weighted by Gasteiger charge is -2.41. The van der Waals surface area contributed by atoms with Crippen molar-refractivity contribution in [1.82, 2.24) is 10.2 Å². The van der Waals surface area contributed by atoms with Crippen LogP contribution in [0.4, 0.5) is 13.2 Å². The fourth-order valence-electron chi connectivity index (χ4n) is 6.11. The number of amides is 2. The van der Waals surface area contributed by atoms with Crippen LogP contribution >= 0.6 is 0 Å². The van der Waals surface area contributed by atoms with E-state index in [-0.39, 0.29) is 36.1 Å². The molecule has 4 atom stereocenters. The van der Waals surface area contributed by atoms with Crippen molar-refractivity contribution in [3.05, 3.63) is 70.8 Å². The summed E-state index contributed by atoms with van der Waals surface area (Å²) in [7, 11) is 0. The van der Waals surface area contributed by atoms with Crippen molar-refractivity contribution in [2.24, 2.45) is 22.7 Å². The fourth-order valence-corrected chi connectivity index (χ4v) is 6.11. The molecular weight excluding hydrogens is 511 g/mol. The van der Waals surface area contributed by atoms with Crippen LogP contribution in [0.1, 0.15) is 59.7 Å². The van der Waals surface area contributed by atoms with E-state index in [1.165, 1.54) is 12.1 Å². The summed E-state index contributed by atoms with van der Waals surface area (Å²) in [5.41, 5.74) is -0.0212. The minimum Gasteiger partial charge on any atom is -0.481 e. The Morgan fingerprint density at radius 1 is 1.15 bits per heavy atom. The molecule has 2 aromatic rings. The molecule has 5 rings (SSSR count). The number of alkyl halides is 3. The number of carbonyl (C=O) groups excluding carboxylic acids is 2. The van der Waals surface area contributed by atoms with Crippen LogP contribution in [0.5, 0.6) is 0 Å². The molecule has 2 fully saturated rings. The summed E-state index contributed by atoms with van der Waals surface area (Å²) in [6.07, 6.45) is -1.71. The van der Waals surface area contributed by atoms with E-state index in [2.05, 4.69) is 12.2 Å². The van der Waals surface area contributed by atoms with Gasteiger partial charge in [-0.15, -0.1) is 0 Å². The summed E-state index contributed by atoms with van der Waals surface area (Å²) in [6, 6.07) is 11.7. The molecule has 2 aliphatic carbocycles. The molecule has 2 aromatic carbocycles. The summed E-state index contributed by atoms with van der Waals surface area (Å²) in [6.45, 7) is 2.54.